The molecule has 0 bridgehead atoms. The second kappa shape index (κ2) is 5.74. The smallest absolute Gasteiger partial charge is 0.156 e. The summed E-state index contributed by atoms with van der Waals surface area (Å²) < 4.78 is 1.62. The molecule has 0 aliphatic rings. The molecule has 20 heavy (non-hydrogen) atoms. The van der Waals surface area contributed by atoms with Gasteiger partial charge in [-0.25, -0.2) is 4.68 Å². The number of aldehydes is 1. The van der Waals surface area contributed by atoms with Gasteiger partial charge in [-0.15, -0.1) is 0 Å². The van der Waals surface area contributed by atoms with Gasteiger partial charge in [-0.2, -0.15) is 5.10 Å². The molecule has 0 unspecified atom stereocenters. The highest BCUT2D eigenvalue weighted by Gasteiger charge is 2.16. The van der Waals surface area contributed by atoms with Crippen molar-refractivity contribution in [2.24, 2.45) is 0 Å². The molecule has 0 amide bonds. The molecule has 0 aliphatic heterocycles. The van der Waals surface area contributed by atoms with Gasteiger partial charge < -0.3 is 5.73 Å². The molecule has 1 heterocycles. The Labute approximate surface area is 118 Å². The number of aromatic nitrogens is 2. The van der Waals surface area contributed by atoms with E-state index in [2.05, 4.69) is 18.6 Å². The first-order valence-corrected chi connectivity index (χ1v) is 6.62. The lowest BCUT2D eigenvalue weighted by molar-refractivity contribution is 0.112. The number of carbonyl (C=O) groups excluding carboxylic acids is 1. The Kier molecular flexibility index (Phi) is 4.03. The number of nitrogen functional groups attached to an aromatic ring is 1. The van der Waals surface area contributed by atoms with Crippen LogP contribution in [0.4, 0.5) is 5.82 Å². The van der Waals surface area contributed by atoms with E-state index in [1.165, 1.54) is 5.56 Å². The molecule has 0 spiro atoms. The van der Waals surface area contributed by atoms with Crippen LogP contribution in [0.15, 0.2) is 36.4 Å². The average molecular weight is 269 g/mol. The van der Waals surface area contributed by atoms with E-state index in [0.29, 0.717) is 23.6 Å². The maximum absolute atomic E-state index is 11.3. The van der Waals surface area contributed by atoms with Crippen molar-refractivity contribution >= 4 is 12.1 Å². The SMILES string of the molecule is C=C(C)Cn1nc(-c2ccc(CC)cc2)c(C=O)c1N. The van der Waals surface area contributed by atoms with Crippen LogP contribution < -0.4 is 5.73 Å². The lowest BCUT2D eigenvalue weighted by Gasteiger charge is -2.02. The zero-order valence-corrected chi connectivity index (χ0v) is 11.9. The van der Waals surface area contributed by atoms with Crippen LogP contribution in [-0.2, 0) is 13.0 Å². The Hall–Kier alpha value is -2.36. The molecular weight excluding hydrogens is 250 g/mol. The van der Waals surface area contributed by atoms with Gasteiger partial charge in [-0.3, -0.25) is 4.79 Å². The molecule has 1 aromatic heterocycles. The highest BCUT2D eigenvalue weighted by molar-refractivity contribution is 5.91. The first-order chi connectivity index (χ1) is 9.56. The Balaban J connectivity index is 2.49. The predicted octanol–water partition coefficient (Wildman–Crippen LogP) is 3.08. The fourth-order valence-corrected chi connectivity index (χ4v) is 2.09. The van der Waals surface area contributed by atoms with Crippen LogP contribution in [0, 0.1) is 0 Å². The number of hydrogen-bond donors (Lipinski definition) is 1. The number of nitrogens with zero attached hydrogens (tertiary/aromatic N) is 2. The first kappa shape index (κ1) is 14.1. The lowest BCUT2D eigenvalue weighted by Crippen LogP contribution is -2.05. The van der Waals surface area contributed by atoms with E-state index in [0.717, 1.165) is 23.8 Å². The number of nitrogens with two attached hydrogens (primary N) is 1. The number of benzene rings is 1. The minimum absolute atomic E-state index is 0.387. The molecule has 2 rings (SSSR count). The van der Waals surface area contributed by atoms with Crippen molar-refractivity contribution < 1.29 is 4.79 Å². The third-order valence-electron chi connectivity index (χ3n) is 3.20. The maximum atomic E-state index is 11.3. The van der Waals surface area contributed by atoms with Crippen LogP contribution in [0.1, 0.15) is 29.8 Å². The van der Waals surface area contributed by atoms with E-state index in [9.17, 15) is 4.79 Å². The largest absolute Gasteiger partial charge is 0.383 e. The Morgan fingerprint density at radius 2 is 2.05 bits per heavy atom. The van der Waals surface area contributed by atoms with Gasteiger partial charge in [-0.05, 0) is 18.9 Å². The minimum Gasteiger partial charge on any atom is -0.383 e. The summed E-state index contributed by atoms with van der Waals surface area (Å²) in [5.41, 5.74) is 10.1. The fraction of sp³-hybridized carbons (Fsp3) is 0.250. The van der Waals surface area contributed by atoms with Gasteiger partial charge >= 0.3 is 0 Å². The molecule has 0 atom stereocenters. The molecular formula is C16H19N3O. The molecule has 2 aromatic rings. The second-order valence-electron chi connectivity index (χ2n) is 4.93. The predicted molar refractivity (Wildman–Crippen MR) is 81.7 cm³/mol. The van der Waals surface area contributed by atoms with Gasteiger partial charge in [0, 0.05) is 5.56 Å². The Morgan fingerprint density at radius 3 is 2.55 bits per heavy atom. The summed E-state index contributed by atoms with van der Waals surface area (Å²) in [6, 6.07) is 8.02. The van der Waals surface area contributed by atoms with Crippen molar-refractivity contribution in [2.75, 3.05) is 5.73 Å². The molecule has 1 aromatic carbocycles. The zero-order chi connectivity index (χ0) is 14.7. The summed E-state index contributed by atoms with van der Waals surface area (Å²) in [6.45, 7) is 8.36. The van der Waals surface area contributed by atoms with E-state index in [1.54, 1.807) is 4.68 Å². The number of rotatable bonds is 5. The maximum Gasteiger partial charge on any atom is 0.156 e. The summed E-state index contributed by atoms with van der Waals surface area (Å²) in [5.74, 6) is 0.387. The number of hydrogen-bond acceptors (Lipinski definition) is 3. The van der Waals surface area contributed by atoms with Crippen LogP contribution in [-0.4, -0.2) is 16.1 Å². The van der Waals surface area contributed by atoms with Gasteiger partial charge in [0.1, 0.15) is 11.5 Å². The van der Waals surface area contributed by atoms with Gasteiger partial charge in [0.05, 0.1) is 12.1 Å². The number of allylic oxidation sites excluding steroid dienone is 1. The third-order valence-corrected chi connectivity index (χ3v) is 3.20. The average Bonchev–Trinajstić information content (AvgIpc) is 2.75. The van der Waals surface area contributed by atoms with Crippen molar-refractivity contribution in [1.29, 1.82) is 0 Å². The molecule has 0 saturated heterocycles. The summed E-state index contributed by atoms with van der Waals surface area (Å²) in [7, 11) is 0. The molecule has 0 fully saturated rings. The normalized spacial score (nSPS) is 10.5. The van der Waals surface area contributed by atoms with Crippen molar-refractivity contribution in [3.63, 3.8) is 0 Å². The monoisotopic (exact) mass is 269 g/mol. The van der Waals surface area contributed by atoms with Gasteiger partial charge in [0.2, 0.25) is 0 Å². The highest BCUT2D eigenvalue weighted by atomic mass is 16.1. The first-order valence-electron chi connectivity index (χ1n) is 6.62. The Morgan fingerprint density at radius 1 is 1.40 bits per heavy atom. The standard InChI is InChI=1S/C16H19N3O/c1-4-12-5-7-13(8-6-12)15-14(10-20)16(17)19(18-15)9-11(2)3/h5-8,10H,2,4,9,17H2,1,3H3. The molecule has 4 heteroatoms. The second-order valence-corrected chi connectivity index (χ2v) is 4.93. The van der Waals surface area contributed by atoms with E-state index in [-0.39, 0.29) is 0 Å². The van der Waals surface area contributed by atoms with Gasteiger partial charge in [0.25, 0.3) is 0 Å². The molecule has 104 valence electrons. The summed E-state index contributed by atoms with van der Waals surface area (Å²) in [5, 5.41) is 4.45. The topological polar surface area (TPSA) is 60.9 Å². The van der Waals surface area contributed by atoms with E-state index in [4.69, 9.17) is 5.73 Å². The summed E-state index contributed by atoms with van der Waals surface area (Å²) in [4.78, 5) is 11.3. The number of aryl methyl sites for hydroxylation is 1. The van der Waals surface area contributed by atoms with Crippen LogP contribution in [0.2, 0.25) is 0 Å². The highest BCUT2D eigenvalue weighted by Crippen LogP contribution is 2.26. The Bertz CT molecular complexity index is 638. The quantitative estimate of drug-likeness (QED) is 0.670. The molecule has 0 aliphatic carbocycles. The number of carbonyl (C=O) groups is 1. The lowest BCUT2D eigenvalue weighted by atomic mass is 10.1. The van der Waals surface area contributed by atoms with Gasteiger partial charge in [0.15, 0.2) is 6.29 Å². The van der Waals surface area contributed by atoms with E-state index >= 15 is 0 Å². The van der Waals surface area contributed by atoms with Crippen LogP contribution in [0.25, 0.3) is 11.3 Å². The molecule has 4 nitrogen and oxygen atoms in total. The summed E-state index contributed by atoms with van der Waals surface area (Å²) >= 11 is 0. The van der Waals surface area contributed by atoms with E-state index < -0.39 is 0 Å². The number of anilines is 1. The summed E-state index contributed by atoms with van der Waals surface area (Å²) in [6.07, 6.45) is 1.74. The third kappa shape index (κ3) is 2.64. The van der Waals surface area contributed by atoms with Crippen molar-refractivity contribution in [3.05, 3.63) is 47.5 Å². The van der Waals surface area contributed by atoms with Crippen molar-refractivity contribution in [2.45, 2.75) is 26.8 Å². The fourth-order valence-electron chi connectivity index (χ4n) is 2.09. The van der Waals surface area contributed by atoms with E-state index in [1.807, 2.05) is 31.2 Å². The van der Waals surface area contributed by atoms with Crippen molar-refractivity contribution in [3.8, 4) is 11.3 Å². The van der Waals surface area contributed by atoms with Crippen molar-refractivity contribution in [1.82, 2.24) is 9.78 Å². The molecule has 0 saturated carbocycles. The van der Waals surface area contributed by atoms with Crippen LogP contribution in [0.3, 0.4) is 0 Å². The molecule has 0 radical (unpaired) electrons. The van der Waals surface area contributed by atoms with Gasteiger partial charge in [-0.1, -0.05) is 43.3 Å². The molecule has 2 N–H and O–H groups in total. The zero-order valence-electron chi connectivity index (χ0n) is 11.9. The van der Waals surface area contributed by atoms with Crippen LogP contribution >= 0.6 is 0 Å². The van der Waals surface area contributed by atoms with Crippen LogP contribution in [0.5, 0.6) is 0 Å². The minimum atomic E-state index is 0.387.